The van der Waals surface area contributed by atoms with Crippen molar-refractivity contribution in [3.63, 3.8) is 0 Å². The van der Waals surface area contributed by atoms with Gasteiger partial charge in [-0.1, -0.05) is 38.2 Å². The van der Waals surface area contributed by atoms with E-state index in [0.29, 0.717) is 12.8 Å². The molecule has 5 unspecified atom stereocenters. The normalized spacial score (nSPS) is 44.2. The van der Waals surface area contributed by atoms with Crippen LogP contribution in [-0.2, 0) is 19.1 Å². The van der Waals surface area contributed by atoms with Crippen LogP contribution in [0.5, 0.6) is 0 Å². The predicted octanol–water partition coefficient (Wildman–Crippen LogP) is 2.64. The summed E-state index contributed by atoms with van der Waals surface area (Å²) in [5.41, 5.74) is 0.199. The van der Waals surface area contributed by atoms with E-state index in [1.165, 1.54) is 7.11 Å². The lowest BCUT2D eigenvalue weighted by molar-refractivity contribution is -0.274. The van der Waals surface area contributed by atoms with Gasteiger partial charge in [0.05, 0.1) is 13.5 Å². The predicted molar refractivity (Wildman–Crippen MR) is 77.2 cm³/mol. The van der Waals surface area contributed by atoms with Crippen LogP contribution in [0.4, 0.5) is 0 Å². The van der Waals surface area contributed by atoms with Gasteiger partial charge < -0.3 is 9.47 Å². The summed E-state index contributed by atoms with van der Waals surface area (Å²) in [4.78, 5) is 23.8. The smallest absolute Gasteiger partial charge is 0.314 e. The standard InChI is InChI=1S/C17H22O4/c1-10-8-13-15(19)21-17(13)11(2)6-5-7-16(17,3)12(10)9-14(18)20-4/h5-6,11-13H,1,7-9H2,2-4H3. The molecule has 4 heteroatoms. The van der Waals surface area contributed by atoms with Crippen LogP contribution in [-0.4, -0.2) is 24.6 Å². The second-order valence-corrected chi connectivity index (χ2v) is 6.80. The molecule has 0 radical (unpaired) electrons. The van der Waals surface area contributed by atoms with Crippen LogP contribution < -0.4 is 0 Å². The lowest BCUT2D eigenvalue weighted by Crippen LogP contribution is -2.73. The second-order valence-electron chi connectivity index (χ2n) is 6.80. The fourth-order valence-electron chi connectivity index (χ4n) is 4.81. The maximum Gasteiger partial charge on any atom is 0.314 e. The molecule has 0 aromatic rings. The van der Waals surface area contributed by atoms with Gasteiger partial charge in [0.1, 0.15) is 11.5 Å². The molecule has 0 bridgehead atoms. The molecule has 3 aliphatic rings. The number of hydrogen-bond donors (Lipinski definition) is 0. The molecule has 5 atom stereocenters. The summed E-state index contributed by atoms with van der Waals surface area (Å²) in [6, 6.07) is 0. The first-order valence-corrected chi connectivity index (χ1v) is 7.51. The highest BCUT2D eigenvalue weighted by Gasteiger charge is 2.72. The van der Waals surface area contributed by atoms with Crippen LogP contribution in [0.1, 0.15) is 33.1 Å². The lowest BCUT2D eigenvalue weighted by Gasteiger charge is -2.66. The third-order valence-corrected chi connectivity index (χ3v) is 5.93. The molecule has 4 nitrogen and oxygen atoms in total. The first kappa shape index (κ1) is 14.4. The topological polar surface area (TPSA) is 52.6 Å². The van der Waals surface area contributed by atoms with Gasteiger partial charge in [-0.3, -0.25) is 9.59 Å². The molecule has 114 valence electrons. The Balaban J connectivity index is 2.04. The minimum Gasteiger partial charge on any atom is -0.469 e. The van der Waals surface area contributed by atoms with Crippen molar-refractivity contribution >= 4 is 11.9 Å². The first-order valence-electron chi connectivity index (χ1n) is 7.51. The quantitative estimate of drug-likeness (QED) is 0.579. The minimum absolute atomic E-state index is 0.0123. The van der Waals surface area contributed by atoms with E-state index in [1.54, 1.807) is 0 Å². The van der Waals surface area contributed by atoms with Crippen LogP contribution >= 0.6 is 0 Å². The van der Waals surface area contributed by atoms with Crippen molar-refractivity contribution in [3.05, 3.63) is 24.3 Å². The van der Waals surface area contributed by atoms with Crippen LogP contribution in [0.25, 0.3) is 0 Å². The van der Waals surface area contributed by atoms with Crippen LogP contribution in [0.2, 0.25) is 0 Å². The Morgan fingerprint density at radius 2 is 2.29 bits per heavy atom. The highest BCUT2D eigenvalue weighted by Crippen LogP contribution is 2.66. The van der Waals surface area contributed by atoms with E-state index in [9.17, 15) is 9.59 Å². The van der Waals surface area contributed by atoms with Gasteiger partial charge in [-0.15, -0.1) is 0 Å². The summed E-state index contributed by atoms with van der Waals surface area (Å²) in [7, 11) is 1.40. The largest absolute Gasteiger partial charge is 0.469 e. The molecule has 1 saturated heterocycles. The molecule has 0 N–H and O–H groups in total. The molecule has 1 saturated carbocycles. The summed E-state index contributed by atoms with van der Waals surface area (Å²) in [5, 5.41) is 0. The Bertz CT molecular complexity index is 549. The maximum atomic E-state index is 12.0. The molecule has 0 amide bonds. The van der Waals surface area contributed by atoms with Crippen molar-refractivity contribution in [3.8, 4) is 0 Å². The molecular formula is C17H22O4. The molecule has 1 aliphatic heterocycles. The molecule has 21 heavy (non-hydrogen) atoms. The summed E-state index contributed by atoms with van der Waals surface area (Å²) < 4.78 is 10.6. The van der Waals surface area contributed by atoms with Crippen molar-refractivity contribution in [2.75, 3.05) is 7.11 Å². The molecule has 3 rings (SSSR count). The van der Waals surface area contributed by atoms with E-state index < -0.39 is 5.60 Å². The Morgan fingerprint density at radius 3 is 2.90 bits per heavy atom. The summed E-state index contributed by atoms with van der Waals surface area (Å²) in [6.07, 6.45) is 5.99. The zero-order chi connectivity index (χ0) is 15.4. The molecule has 0 aromatic heterocycles. The molecule has 1 heterocycles. The zero-order valence-electron chi connectivity index (χ0n) is 12.8. The van der Waals surface area contributed by atoms with Gasteiger partial charge in [-0.05, 0) is 18.8 Å². The van der Waals surface area contributed by atoms with E-state index in [4.69, 9.17) is 9.47 Å². The SMILES string of the molecule is C=C1CC2C(=O)OC23C(C)C=CCC3(C)C1CC(=O)OC. The van der Waals surface area contributed by atoms with Gasteiger partial charge in [0.25, 0.3) is 0 Å². The highest BCUT2D eigenvalue weighted by molar-refractivity contribution is 5.83. The number of ether oxygens (including phenoxy) is 2. The Labute approximate surface area is 125 Å². The summed E-state index contributed by atoms with van der Waals surface area (Å²) in [5.74, 6) is -0.331. The Hall–Kier alpha value is -1.58. The van der Waals surface area contributed by atoms with Gasteiger partial charge in [0, 0.05) is 11.3 Å². The van der Waals surface area contributed by atoms with Gasteiger partial charge in [-0.2, -0.15) is 0 Å². The van der Waals surface area contributed by atoms with Crippen molar-refractivity contribution in [1.82, 2.24) is 0 Å². The van der Waals surface area contributed by atoms with Gasteiger partial charge >= 0.3 is 11.9 Å². The third-order valence-electron chi connectivity index (χ3n) is 5.93. The highest BCUT2D eigenvalue weighted by atomic mass is 16.6. The number of esters is 2. The van der Waals surface area contributed by atoms with Crippen LogP contribution in [0, 0.1) is 23.2 Å². The number of carbonyl (C=O) groups is 2. The fourth-order valence-corrected chi connectivity index (χ4v) is 4.81. The summed E-state index contributed by atoms with van der Waals surface area (Å²) >= 11 is 0. The number of carbonyl (C=O) groups excluding carboxylic acids is 2. The zero-order valence-corrected chi connectivity index (χ0v) is 12.8. The molecule has 0 aromatic carbocycles. The van der Waals surface area contributed by atoms with Crippen molar-refractivity contribution in [2.45, 2.75) is 38.7 Å². The number of rotatable bonds is 2. The number of allylic oxidation sites excluding steroid dienone is 2. The maximum absolute atomic E-state index is 12.0. The molecule has 1 spiro atoms. The van der Waals surface area contributed by atoms with Crippen LogP contribution in [0.3, 0.4) is 0 Å². The van der Waals surface area contributed by atoms with Crippen LogP contribution in [0.15, 0.2) is 24.3 Å². The van der Waals surface area contributed by atoms with Gasteiger partial charge in [0.15, 0.2) is 0 Å². The average molecular weight is 290 g/mol. The third kappa shape index (κ3) is 1.62. The Kier molecular flexibility index (Phi) is 3.05. The van der Waals surface area contributed by atoms with E-state index in [-0.39, 0.29) is 35.1 Å². The van der Waals surface area contributed by atoms with E-state index >= 15 is 0 Å². The molecule has 2 aliphatic carbocycles. The summed E-state index contributed by atoms with van der Waals surface area (Å²) in [6.45, 7) is 8.38. The Morgan fingerprint density at radius 1 is 1.57 bits per heavy atom. The van der Waals surface area contributed by atoms with E-state index in [2.05, 4.69) is 32.6 Å². The van der Waals surface area contributed by atoms with Gasteiger partial charge in [-0.25, -0.2) is 0 Å². The van der Waals surface area contributed by atoms with Crippen molar-refractivity contribution in [1.29, 1.82) is 0 Å². The number of hydrogen-bond acceptors (Lipinski definition) is 4. The first-order chi connectivity index (χ1) is 9.86. The lowest BCUT2D eigenvalue weighted by atomic mass is 9.44. The van der Waals surface area contributed by atoms with E-state index in [0.717, 1.165) is 12.0 Å². The second kappa shape index (κ2) is 4.46. The monoisotopic (exact) mass is 290 g/mol. The fraction of sp³-hybridized carbons (Fsp3) is 0.647. The minimum atomic E-state index is -0.487. The average Bonchev–Trinajstić information content (AvgIpc) is 2.44. The van der Waals surface area contributed by atoms with E-state index in [1.807, 2.05) is 0 Å². The van der Waals surface area contributed by atoms with Crippen molar-refractivity contribution in [2.24, 2.45) is 23.2 Å². The number of methoxy groups -OCH3 is 1. The molecule has 2 fully saturated rings. The van der Waals surface area contributed by atoms with Gasteiger partial charge in [0.2, 0.25) is 0 Å². The van der Waals surface area contributed by atoms with Crippen molar-refractivity contribution < 1.29 is 19.1 Å². The molecular weight excluding hydrogens is 268 g/mol.